The molecule has 0 radical (unpaired) electrons. The van der Waals surface area contributed by atoms with E-state index < -0.39 is 0 Å². The van der Waals surface area contributed by atoms with Gasteiger partial charge in [-0.05, 0) is 44.2 Å². The highest BCUT2D eigenvalue weighted by molar-refractivity contribution is 5.77. The highest BCUT2D eigenvalue weighted by Crippen LogP contribution is 2.25. The van der Waals surface area contributed by atoms with E-state index in [9.17, 15) is 4.79 Å². The molecule has 0 fully saturated rings. The van der Waals surface area contributed by atoms with Crippen molar-refractivity contribution in [2.45, 2.75) is 13.8 Å². The Kier molecular flexibility index (Phi) is 6.62. The molecular weight excluding hydrogens is 372 g/mol. The Bertz CT molecular complexity index is 955. The molecular formula is C20H24N6O3. The molecule has 9 nitrogen and oxygen atoms in total. The molecule has 9 heteroatoms. The number of amides is 1. The van der Waals surface area contributed by atoms with Gasteiger partial charge in [-0.25, -0.2) is 4.68 Å². The Morgan fingerprint density at radius 3 is 2.52 bits per heavy atom. The van der Waals surface area contributed by atoms with E-state index in [1.54, 1.807) is 23.9 Å². The van der Waals surface area contributed by atoms with Crippen LogP contribution in [0.15, 0.2) is 42.5 Å². The van der Waals surface area contributed by atoms with Gasteiger partial charge in [0.1, 0.15) is 5.82 Å². The van der Waals surface area contributed by atoms with E-state index in [-0.39, 0.29) is 12.5 Å². The van der Waals surface area contributed by atoms with E-state index in [2.05, 4.69) is 25.9 Å². The Morgan fingerprint density at radius 1 is 1.07 bits per heavy atom. The van der Waals surface area contributed by atoms with Crippen molar-refractivity contribution in [3.63, 3.8) is 0 Å². The summed E-state index contributed by atoms with van der Waals surface area (Å²) in [6.07, 6.45) is 0. The molecule has 0 aliphatic rings. The second kappa shape index (κ2) is 9.54. The minimum absolute atomic E-state index is 0.0858. The number of anilines is 1. The van der Waals surface area contributed by atoms with Crippen molar-refractivity contribution in [1.82, 2.24) is 25.3 Å². The molecule has 2 aromatic heterocycles. The fraction of sp³-hybridized carbons (Fsp3) is 0.300. The summed E-state index contributed by atoms with van der Waals surface area (Å²) in [6.45, 7) is 4.75. The normalized spacial score (nSPS) is 10.4. The van der Waals surface area contributed by atoms with Gasteiger partial charge in [-0.15, -0.1) is 10.2 Å². The quantitative estimate of drug-likeness (QED) is 0.533. The molecule has 2 heterocycles. The van der Waals surface area contributed by atoms with Crippen molar-refractivity contribution >= 4 is 11.7 Å². The number of benzene rings is 1. The number of para-hydroxylation sites is 2. The summed E-state index contributed by atoms with van der Waals surface area (Å²) in [4.78, 5) is 11.9. The standard InChI is InChI=1S/C20H24N6O3/c1-14-12-15(2)26(25-14)19-9-8-18(23-24-19)21-10-11-22-20(27)13-29-17-7-5-4-6-16(17)28-3/h4-9,12H,10-11,13H2,1-3H3,(H,21,23)(H,22,27). The van der Waals surface area contributed by atoms with Crippen molar-refractivity contribution in [3.05, 3.63) is 53.9 Å². The first-order valence-corrected chi connectivity index (χ1v) is 9.20. The van der Waals surface area contributed by atoms with Crippen LogP contribution in [0.4, 0.5) is 5.82 Å². The first-order chi connectivity index (χ1) is 14.1. The number of hydrogen-bond donors (Lipinski definition) is 2. The molecule has 0 aliphatic carbocycles. The first kappa shape index (κ1) is 20.1. The molecule has 0 saturated carbocycles. The number of rotatable bonds is 9. The number of nitrogens with zero attached hydrogens (tertiary/aromatic N) is 4. The third kappa shape index (κ3) is 5.44. The topological polar surface area (TPSA) is 103 Å². The van der Waals surface area contributed by atoms with E-state index in [0.29, 0.717) is 36.2 Å². The van der Waals surface area contributed by atoms with Gasteiger partial charge in [0.25, 0.3) is 5.91 Å². The van der Waals surface area contributed by atoms with Crippen LogP contribution in [0.1, 0.15) is 11.4 Å². The molecule has 3 rings (SSSR count). The summed E-state index contributed by atoms with van der Waals surface area (Å²) in [5.41, 5.74) is 1.92. The van der Waals surface area contributed by atoms with Crippen LogP contribution in [0.25, 0.3) is 5.82 Å². The summed E-state index contributed by atoms with van der Waals surface area (Å²) in [5, 5.41) is 18.6. The van der Waals surface area contributed by atoms with Crippen molar-refractivity contribution < 1.29 is 14.3 Å². The average Bonchev–Trinajstić information content (AvgIpc) is 3.08. The number of methoxy groups -OCH3 is 1. The molecule has 1 aromatic carbocycles. The zero-order valence-electron chi connectivity index (χ0n) is 16.7. The molecule has 3 aromatic rings. The number of carbonyl (C=O) groups excluding carboxylic acids is 1. The Balaban J connectivity index is 1.40. The summed E-state index contributed by atoms with van der Waals surface area (Å²) in [6, 6.07) is 12.8. The van der Waals surface area contributed by atoms with Crippen LogP contribution in [-0.4, -0.2) is 52.7 Å². The van der Waals surface area contributed by atoms with Crippen molar-refractivity contribution in [2.24, 2.45) is 0 Å². The van der Waals surface area contributed by atoms with Crippen LogP contribution in [0.3, 0.4) is 0 Å². The van der Waals surface area contributed by atoms with Gasteiger partial charge < -0.3 is 20.1 Å². The molecule has 0 atom stereocenters. The van der Waals surface area contributed by atoms with Crippen molar-refractivity contribution in [2.75, 3.05) is 32.1 Å². The van der Waals surface area contributed by atoms with E-state index in [4.69, 9.17) is 9.47 Å². The molecule has 2 N–H and O–H groups in total. The first-order valence-electron chi connectivity index (χ1n) is 9.20. The fourth-order valence-corrected chi connectivity index (χ4v) is 2.72. The van der Waals surface area contributed by atoms with Gasteiger partial charge in [0.05, 0.1) is 12.8 Å². The smallest absolute Gasteiger partial charge is 0.258 e. The van der Waals surface area contributed by atoms with E-state index in [1.165, 1.54) is 0 Å². The molecule has 152 valence electrons. The number of carbonyl (C=O) groups is 1. The summed E-state index contributed by atoms with van der Waals surface area (Å²) in [5.74, 6) is 2.17. The summed E-state index contributed by atoms with van der Waals surface area (Å²) in [7, 11) is 1.56. The molecule has 0 saturated heterocycles. The van der Waals surface area contributed by atoms with Crippen LogP contribution in [0, 0.1) is 13.8 Å². The van der Waals surface area contributed by atoms with E-state index in [0.717, 1.165) is 11.4 Å². The lowest BCUT2D eigenvalue weighted by molar-refractivity contribution is -0.123. The minimum atomic E-state index is -0.219. The SMILES string of the molecule is COc1ccccc1OCC(=O)NCCNc1ccc(-n2nc(C)cc2C)nn1. The number of ether oxygens (including phenoxy) is 2. The molecule has 0 aliphatic heterocycles. The summed E-state index contributed by atoms with van der Waals surface area (Å²) < 4.78 is 12.4. The Morgan fingerprint density at radius 2 is 1.86 bits per heavy atom. The van der Waals surface area contributed by atoms with E-state index >= 15 is 0 Å². The van der Waals surface area contributed by atoms with Crippen molar-refractivity contribution in [1.29, 1.82) is 0 Å². The highest BCUT2D eigenvalue weighted by Gasteiger charge is 2.07. The lowest BCUT2D eigenvalue weighted by atomic mass is 10.3. The largest absolute Gasteiger partial charge is 0.493 e. The number of hydrogen-bond acceptors (Lipinski definition) is 7. The maximum absolute atomic E-state index is 11.9. The van der Waals surface area contributed by atoms with Crippen molar-refractivity contribution in [3.8, 4) is 17.3 Å². The monoisotopic (exact) mass is 396 g/mol. The zero-order chi connectivity index (χ0) is 20.6. The maximum Gasteiger partial charge on any atom is 0.258 e. The number of aromatic nitrogens is 4. The second-order valence-corrected chi connectivity index (χ2v) is 6.33. The van der Waals surface area contributed by atoms with Gasteiger partial charge in [0, 0.05) is 18.8 Å². The van der Waals surface area contributed by atoms with Crippen LogP contribution in [-0.2, 0) is 4.79 Å². The van der Waals surface area contributed by atoms with Gasteiger partial charge >= 0.3 is 0 Å². The number of nitrogens with one attached hydrogen (secondary N) is 2. The average molecular weight is 396 g/mol. The molecule has 0 spiro atoms. The Hall–Kier alpha value is -3.62. The predicted octanol–water partition coefficient (Wildman–Crippen LogP) is 1.89. The fourth-order valence-electron chi connectivity index (χ4n) is 2.72. The molecule has 0 bridgehead atoms. The van der Waals surface area contributed by atoms with Gasteiger partial charge in [0.2, 0.25) is 0 Å². The lowest BCUT2D eigenvalue weighted by Gasteiger charge is -2.11. The highest BCUT2D eigenvalue weighted by atomic mass is 16.5. The third-order valence-electron chi connectivity index (χ3n) is 4.06. The van der Waals surface area contributed by atoms with E-state index in [1.807, 2.05) is 44.2 Å². The predicted molar refractivity (Wildman–Crippen MR) is 109 cm³/mol. The van der Waals surface area contributed by atoms with Gasteiger partial charge in [-0.1, -0.05) is 12.1 Å². The Labute approximate surface area is 169 Å². The lowest BCUT2D eigenvalue weighted by Crippen LogP contribution is -2.32. The molecule has 1 amide bonds. The van der Waals surface area contributed by atoms with Crippen LogP contribution in [0.2, 0.25) is 0 Å². The van der Waals surface area contributed by atoms with Crippen LogP contribution >= 0.6 is 0 Å². The van der Waals surface area contributed by atoms with Crippen LogP contribution in [0.5, 0.6) is 11.5 Å². The maximum atomic E-state index is 11.9. The summed E-state index contributed by atoms with van der Waals surface area (Å²) >= 11 is 0. The third-order valence-corrected chi connectivity index (χ3v) is 4.06. The number of aryl methyl sites for hydroxylation is 2. The minimum Gasteiger partial charge on any atom is -0.493 e. The molecule has 0 unspecified atom stereocenters. The van der Waals surface area contributed by atoms with Gasteiger partial charge in [0.15, 0.2) is 23.9 Å². The van der Waals surface area contributed by atoms with Gasteiger partial charge in [-0.3, -0.25) is 4.79 Å². The second-order valence-electron chi connectivity index (χ2n) is 6.33. The zero-order valence-corrected chi connectivity index (χ0v) is 16.7. The van der Waals surface area contributed by atoms with Crippen LogP contribution < -0.4 is 20.1 Å². The molecule has 29 heavy (non-hydrogen) atoms. The van der Waals surface area contributed by atoms with Gasteiger partial charge in [-0.2, -0.15) is 5.10 Å².